The van der Waals surface area contributed by atoms with Crippen LogP contribution in [-0.4, -0.2) is 38.6 Å². The molecule has 2 aromatic rings. The van der Waals surface area contributed by atoms with Crippen LogP contribution in [0.4, 0.5) is 5.69 Å². The second-order valence-corrected chi connectivity index (χ2v) is 6.55. The Hall–Kier alpha value is -2.88. The van der Waals surface area contributed by atoms with Gasteiger partial charge in [0.1, 0.15) is 5.69 Å². The van der Waals surface area contributed by atoms with Gasteiger partial charge in [0.05, 0.1) is 17.4 Å². The molecule has 0 aliphatic rings. The minimum Gasteiger partial charge on any atom is -0.459 e. The van der Waals surface area contributed by atoms with Crippen LogP contribution >= 0.6 is 11.8 Å². The van der Waals surface area contributed by atoms with Gasteiger partial charge in [0.2, 0.25) is 11.1 Å². The average Bonchev–Trinajstić information content (AvgIpc) is 2.59. The van der Waals surface area contributed by atoms with Gasteiger partial charge in [-0.25, -0.2) is 4.79 Å². The molecular formula is C16H19N5O4S. The van der Waals surface area contributed by atoms with Crippen LogP contribution in [0.1, 0.15) is 29.9 Å². The van der Waals surface area contributed by atoms with Gasteiger partial charge in [0.15, 0.2) is 0 Å². The van der Waals surface area contributed by atoms with Crippen LogP contribution < -0.4 is 16.7 Å². The van der Waals surface area contributed by atoms with Crippen molar-refractivity contribution >= 4 is 29.3 Å². The van der Waals surface area contributed by atoms with E-state index in [0.29, 0.717) is 11.3 Å². The molecule has 0 bridgehead atoms. The quantitative estimate of drug-likeness (QED) is 0.432. The zero-order valence-corrected chi connectivity index (χ0v) is 15.4. The van der Waals surface area contributed by atoms with Gasteiger partial charge in [-0.2, -0.15) is 4.68 Å². The lowest BCUT2D eigenvalue weighted by Gasteiger charge is -2.09. The number of nitrogens with two attached hydrogens (primary N) is 1. The summed E-state index contributed by atoms with van der Waals surface area (Å²) < 4.78 is 5.95. The fraction of sp³-hybridized carbons (Fsp3) is 0.312. The van der Waals surface area contributed by atoms with E-state index in [2.05, 4.69) is 15.5 Å². The average molecular weight is 377 g/mol. The fourth-order valence-corrected chi connectivity index (χ4v) is 2.52. The van der Waals surface area contributed by atoms with Crippen LogP contribution in [-0.2, 0) is 9.53 Å². The predicted molar refractivity (Wildman–Crippen MR) is 97.5 cm³/mol. The molecule has 0 aliphatic carbocycles. The summed E-state index contributed by atoms with van der Waals surface area (Å²) >= 11 is 0.990. The number of nitrogens with one attached hydrogen (secondary N) is 1. The molecule has 0 saturated carbocycles. The molecule has 3 N–H and O–H groups in total. The van der Waals surface area contributed by atoms with Crippen LogP contribution in [0.25, 0.3) is 0 Å². The van der Waals surface area contributed by atoms with Crippen molar-refractivity contribution in [3.63, 3.8) is 0 Å². The molecule has 0 unspecified atom stereocenters. The third-order valence-corrected chi connectivity index (χ3v) is 4.04. The number of thioether (sulfide) groups is 1. The lowest BCUT2D eigenvalue weighted by Crippen LogP contribution is -2.32. The maximum absolute atomic E-state index is 12.0. The van der Waals surface area contributed by atoms with Gasteiger partial charge >= 0.3 is 5.97 Å². The topological polar surface area (TPSA) is 129 Å². The van der Waals surface area contributed by atoms with Crippen molar-refractivity contribution in [3.05, 3.63) is 45.9 Å². The predicted octanol–water partition coefficient (Wildman–Crippen LogP) is 0.957. The number of aryl methyl sites for hydroxylation is 1. The first kappa shape index (κ1) is 19.4. The Morgan fingerprint density at radius 3 is 2.54 bits per heavy atom. The normalized spacial score (nSPS) is 10.6. The van der Waals surface area contributed by atoms with Gasteiger partial charge in [0, 0.05) is 5.69 Å². The fourth-order valence-electron chi connectivity index (χ4n) is 1.87. The number of nitrogens with zero attached hydrogens (tertiary/aromatic N) is 3. The highest BCUT2D eigenvalue weighted by Crippen LogP contribution is 2.14. The van der Waals surface area contributed by atoms with Crippen molar-refractivity contribution in [1.29, 1.82) is 0 Å². The van der Waals surface area contributed by atoms with E-state index in [1.165, 1.54) is 6.92 Å². The second-order valence-electron chi connectivity index (χ2n) is 5.61. The minimum atomic E-state index is -0.466. The molecule has 0 radical (unpaired) electrons. The van der Waals surface area contributed by atoms with Crippen molar-refractivity contribution in [2.45, 2.75) is 32.0 Å². The number of hydrogen-bond donors (Lipinski definition) is 2. The Morgan fingerprint density at radius 1 is 1.27 bits per heavy atom. The molecule has 1 amide bonds. The zero-order valence-electron chi connectivity index (χ0n) is 14.6. The lowest BCUT2D eigenvalue weighted by molar-refractivity contribution is -0.113. The molecule has 1 aromatic carbocycles. The highest BCUT2D eigenvalue weighted by atomic mass is 32.2. The summed E-state index contributed by atoms with van der Waals surface area (Å²) in [5, 5.41) is 10.3. The number of esters is 1. The second kappa shape index (κ2) is 8.48. The third kappa shape index (κ3) is 5.06. The Kier molecular flexibility index (Phi) is 6.34. The first-order chi connectivity index (χ1) is 12.3. The Labute approximate surface area is 153 Å². The monoisotopic (exact) mass is 377 g/mol. The molecule has 26 heavy (non-hydrogen) atoms. The van der Waals surface area contributed by atoms with Crippen molar-refractivity contribution in [2.75, 3.05) is 16.9 Å². The number of amides is 1. The number of aromatic nitrogens is 3. The molecule has 0 spiro atoms. The van der Waals surface area contributed by atoms with Crippen molar-refractivity contribution in [1.82, 2.24) is 14.9 Å². The van der Waals surface area contributed by atoms with Gasteiger partial charge in [-0.05, 0) is 45.0 Å². The van der Waals surface area contributed by atoms with Gasteiger partial charge < -0.3 is 15.9 Å². The van der Waals surface area contributed by atoms with E-state index < -0.39 is 11.5 Å². The smallest absolute Gasteiger partial charge is 0.338 e. The molecule has 0 saturated heterocycles. The number of ether oxygens (including phenoxy) is 1. The summed E-state index contributed by atoms with van der Waals surface area (Å²) in [6.07, 6.45) is -0.205. The number of hydrogen-bond acceptors (Lipinski definition) is 8. The van der Waals surface area contributed by atoms with Crippen LogP contribution in [0.3, 0.4) is 0 Å². The van der Waals surface area contributed by atoms with Crippen LogP contribution in [0.2, 0.25) is 0 Å². The Bertz CT molecular complexity index is 864. The molecule has 138 valence electrons. The number of carbonyl (C=O) groups excluding carboxylic acids is 2. The van der Waals surface area contributed by atoms with E-state index in [0.717, 1.165) is 16.4 Å². The van der Waals surface area contributed by atoms with Crippen molar-refractivity contribution in [3.8, 4) is 0 Å². The summed E-state index contributed by atoms with van der Waals surface area (Å²) in [7, 11) is 0. The Balaban J connectivity index is 1.93. The van der Waals surface area contributed by atoms with E-state index in [-0.39, 0.29) is 28.6 Å². The summed E-state index contributed by atoms with van der Waals surface area (Å²) in [5.41, 5.74) is 0.633. The standard InChI is InChI=1S/C16H19N5O4S/c1-9(2)25-15(24)11-4-6-12(7-5-11)18-13(22)8-26-16-20-19-10(3)14(23)21(16)17/h4-7,9H,8,17H2,1-3H3,(H,18,22). The van der Waals surface area contributed by atoms with E-state index in [4.69, 9.17) is 10.6 Å². The number of carbonyl (C=O) groups is 2. The van der Waals surface area contributed by atoms with Crippen LogP contribution in [0, 0.1) is 6.92 Å². The van der Waals surface area contributed by atoms with Gasteiger partial charge in [-0.15, -0.1) is 10.2 Å². The minimum absolute atomic E-state index is 0.00841. The number of rotatable bonds is 6. The SMILES string of the molecule is Cc1nnc(SCC(=O)Nc2ccc(C(=O)OC(C)C)cc2)n(N)c1=O. The number of benzene rings is 1. The third-order valence-electron chi connectivity index (χ3n) is 3.10. The number of anilines is 1. The van der Waals surface area contributed by atoms with Crippen molar-refractivity contribution < 1.29 is 14.3 Å². The molecule has 0 aliphatic heterocycles. The summed E-state index contributed by atoms with van der Waals surface area (Å²) in [4.78, 5) is 35.4. The van der Waals surface area contributed by atoms with Gasteiger partial charge in [-0.3, -0.25) is 9.59 Å². The first-order valence-corrected chi connectivity index (χ1v) is 8.71. The molecule has 9 nitrogen and oxygen atoms in total. The largest absolute Gasteiger partial charge is 0.459 e. The van der Waals surface area contributed by atoms with Crippen LogP contribution in [0.15, 0.2) is 34.2 Å². The van der Waals surface area contributed by atoms with E-state index in [1.807, 2.05) is 0 Å². The summed E-state index contributed by atoms with van der Waals surface area (Å²) in [5.74, 6) is 4.86. The highest BCUT2D eigenvalue weighted by molar-refractivity contribution is 7.99. The van der Waals surface area contributed by atoms with Crippen LogP contribution in [0.5, 0.6) is 0 Å². The summed E-state index contributed by atoms with van der Waals surface area (Å²) in [6.45, 7) is 5.04. The molecular weight excluding hydrogens is 358 g/mol. The number of nitrogen functional groups attached to an aromatic ring is 1. The van der Waals surface area contributed by atoms with E-state index in [9.17, 15) is 14.4 Å². The molecule has 2 rings (SSSR count). The maximum atomic E-state index is 12.0. The zero-order chi connectivity index (χ0) is 19.3. The molecule has 10 heteroatoms. The van der Waals surface area contributed by atoms with Gasteiger partial charge in [-0.1, -0.05) is 11.8 Å². The van der Waals surface area contributed by atoms with Gasteiger partial charge in [0.25, 0.3) is 5.56 Å². The maximum Gasteiger partial charge on any atom is 0.338 e. The Morgan fingerprint density at radius 2 is 1.92 bits per heavy atom. The lowest BCUT2D eigenvalue weighted by atomic mass is 10.2. The molecule has 1 aromatic heterocycles. The van der Waals surface area contributed by atoms with E-state index >= 15 is 0 Å². The molecule has 1 heterocycles. The van der Waals surface area contributed by atoms with E-state index in [1.54, 1.807) is 38.1 Å². The highest BCUT2D eigenvalue weighted by Gasteiger charge is 2.12. The molecule has 0 fully saturated rings. The molecule has 0 atom stereocenters. The first-order valence-electron chi connectivity index (χ1n) is 7.73. The summed E-state index contributed by atoms with van der Waals surface area (Å²) in [6, 6.07) is 6.33. The van der Waals surface area contributed by atoms with Crippen molar-refractivity contribution in [2.24, 2.45) is 0 Å².